The number of urea groups is 1. The Labute approximate surface area is 197 Å². The maximum atomic E-state index is 13.6. The highest BCUT2D eigenvalue weighted by Crippen LogP contribution is 2.25. The van der Waals surface area contributed by atoms with E-state index in [2.05, 4.69) is 9.57 Å². The normalized spacial score (nSPS) is 20.6. The van der Waals surface area contributed by atoms with Gasteiger partial charge in [-0.1, -0.05) is 29.8 Å². The van der Waals surface area contributed by atoms with Gasteiger partial charge >= 0.3 is 6.03 Å². The van der Waals surface area contributed by atoms with Crippen molar-refractivity contribution in [2.75, 3.05) is 33.2 Å². The minimum Gasteiger partial charge on any atom is -0.459 e. The van der Waals surface area contributed by atoms with E-state index in [1.807, 2.05) is 37.3 Å². The van der Waals surface area contributed by atoms with E-state index in [1.165, 1.54) is 16.1 Å². The highest BCUT2D eigenvalue weighted by Gasteiger charge is 2.48. The van der Waals surface area contributed by atoms with Crippen molar-refractivity contribution in [2.24, 2.45) is 10.9 Å². The zero-order valence-corrected chi connectivity index (χ0v) is 19.2. The van der Waals surface area contributed by atoms with Crippen molar-refractivity contribution in [3.63, 3.8) is 0 Å². The molecule has 0 N–H and O–H groups in total. The number of carbonyl (C=O) groups excluding carboxylic acids is 3. The topological polar surface area (TPSA) is 89.4 Å². The number of hydrogen-bond donors (Lipinski definition) is 0. The first kappa shape index (κ1) is 21.8. The van der Waals surface area contributed by atoms with Gasteiger partial charge in [-0.2, -0.15) is 0 Å². The Morgan fingerprint density at radius 2 is 1.97 bits per heavy atom. The third-order valence-corrected chi connectivity index (χ3v) is 6.47. The molecule has 174 valence electrons. The minimum atomic E-state index is -0.662. The first-order chi connectivity index (χ1) is 16.4. The summed E-state index contributed by atoms with van der Waals surface area (Å²) in [5.74, 6) is -0.328. The number of nitrogens with zero attached hydrogens (tertiary/aromatic N) is 5. The summed E-state index contributed by atoms with van der Waals surface area (Å²) in [6.07, 6.45) is 4.96. The van der Waals surface area contributed by atoms with E-state index < -0.39 is 5.92 Å². The zero-order chi connectivity index (χ0) is 23.8. The number of allylic oxidation sites excluding steroid dienone is 1. The van der Waals surface area contributed by atoms with Crippen LogP contribution in [0.2, 0.25) is 0 Å². The van der Waals surface area contributed by atoms with Crippen LogP contribution in [0.15, 0.2) is 64.3 Å². The van der Waals surface area contributed by atoms with Crippen LogP contribution in [0.3, 0.4) is 0 Å². The van der Waals surface area contributed by atoms with Gasteiger partial charge in [-0.25, -0.2) is 14.4 Å². The summed E-state index contributed by atoms with van der Waals surface area (Å²) in [7, 11) is 1.65. The molecule has 9 nitrogen and oxygen atoms in total. The average molecular weight is 461 g/mol. The molecule has 4 amide bonds. The maximum Gasteiger partial charge on any atom is 0.332 e. The SMILES string of the molecule is Cc1cccc(CN2C(=O)C3C(=NC=CC3=[N+]3CCN(C(=O)c4ccco4)CC3)N(C)C2=O)c1. The number of rotatable bonds is 3. The Balaban J connectivity index is 1.39. The standard InChI is InChI=1S/C25H26N5O4/c1-17-5-3-6-18(15-17)16-30-24(32)21-19(8-9-26-22(21)27(2)25(30)33)28-10-12-29(13-11-28)23(31)20-7-4-14-34-20/h3-9,14-15,21H,10-13,16H2,1-2H3/q+1. The Morgan fingerprint density at radius 1 is 1.18 bits per heavy atom. The number of hydrogen-bond acceptors (Lipinski definition) is 5. The van der Waals surface area contributed by atoms with Crippen molar-refractivity contribution >= 4 is 29.4 Å². The van der Waals surface area contributed by atoms with Crippen LogP contribution in [0, 0.1) is 12.8 Å². The fraction of sp³-hybridized carbons (Fsp3) is 0.320. The summed E-state index contributed by atoms with van der Waals surface area (Å²) >= 11 is 0. The second-order valence-electron chi connectivity index (χ2n) is 8.67. The Morgan fingerprint density at radius 3 is 2.68 bits per heavy atom. The molecule has 1 aromatic carbocycles. The molecule has 0 saturated carbocycles. The lowest BCUT2D eigenvalue weighted by atomic mass is 9.94. The summed E-state index contributed by atoms with van der Waals surface area (Å²) in [6.45, 7) is 4.33. The molecule has 2 aromatic rings. The van der Waals surface area contributed by atoms with Gasteiger partial charge < -0.3 is 9.32 Å². The van der Waals surface area contributed by atoms with Crippen molar-refractivity contribution in [2.45, 2.75) is 13.5 Å². The Bertz CT molecular complexity index is 1230. The zero-order valence-electron chi connectivity index (χ0n) is 19.2. The monoisotopic (exact) mass is 460 g/mol. The van der Waals surface area contributed by atoms with Crippen molar-refractivity contribution in [1.82, 2.24) is 14.7 Å². The van der Waals surface area contributed by atoms with Gasteiger partial charge in [0.05, 0.1) is 25.9 Å². The molecule has 1 atom stereocenters. The highest BCUT2D eigenvalue weighted by molar-refractivity contribution is 6.30. The van der Waals surface area contributed by atoms with E-state index in [0.29, 0.717) is 37.8 Å². The molecule has 1 unspecified atom stereocenters. The number of carbonyl (C=O) groups is 3. The van der Waals surface area contributed by atoms with Gasteiger partial charge in [0.2, 0.25) is 0 Å². The van der Waals surface area contributed by atoms with Crippen LogP contribution in [0.4, 0.5) is 4.79 Å². The molecule has 9 heteroatoms. The Hall–Kier alpha value is -4.01. The average Bonchev–Trinajstić information content (AvgIpc) is 3.40. The van der Waals surface area contributed by atoms with Crippen molar-refractivity contribution in [3.05, 3.63) is 71.8 Å². The lowest BCUT2D eigenvalue weighted by molar-refractivity contribution is -0.538. The predicted molar refractivity (Wildman–Crippen MR) is 125 cm³/mol. The summed E-state index contributed by atoms with van der Waals surface area (Å²) in [5, 5.41) is 0. The molecule has 0 radical (unpaired) electrons. The van der Waals surface area contributed by atoms with Gasteiger partial charge in [-0.05, 0) is 24.6 Å². The number of benzene rings is 1. The first-order valence-corrected chi connectivity index (χ1v) is 11.3. The first-order valence-electron chi connectivity index (χ1n) is 11.3. The van der Waals surface area contributed by atoms with Crippen LogP contribution >= 0.6 is 0 Å². The molecule has 5 rings (SSSR count). The van der Waals surface area contributed by atoms with E-state index in [1.54, 1.807) is 30.3 Å². The molecule has 0 spiro atoms. The third-order valence-electron chi connectivity index (χ3n) is 6.47. The second kappa shape index (κ2) is 8.74. The smallest absolute Gasteiger partial charge is 0.332 e. The summed E-state index contributed by atoms with van der Waals surface area (Å²) in [6, 6.07) is 10.8. The van der Waals surface area contributed by atoms with Crippen LogP contribution in [0.1, 0.15) is 21.7 Å². The second-order valence-corrected chi connectivity index (χ2v) is 8.67. The number of piperazine rings is 1. The molecule has 3 aliphatic heterocycles. The summed E-state index contributed by atoms with van der Waals surface area (Å²) in [4.78, 5) is 48.2. The predicted octanol–water partition coefficient (Wildman–Crippen LogP) is 2.13. The number of furan rings is 1. The number of aryl methyl sites for hydroxylation is 1. The number of imide groups is 1. The molecule has 4 heterocycles. The molecular formula is C25H26N5O4+. The van der Waals surface area contributed by atoms with Crippen molar-refractivity contribution < 1.29 is 23.4 Å². The quantitative estimate of drug-likeness (QED) is 0.657. The molecule has 0 bridgehead atoms. The molecule has 1 aromatic heterocycles. The van der Waals surface area contributed by atoms with E-state index >= 15 is 0 Å². The number of amides is 4. The van der Waals surface area contributed by atoms with E-state index in [9.17, 15) is 14.4 Å². The largest absolute Gasteiger partial charge is 0.459 e. The van der Waals surface area contributed by atoms with Crippen molar-refractivity contribution in [1.29, 1.82) is 0 Å². The Kier molecular flexibility index (Phi) is 5.61. The van der Waals surface area contributed by atoms with Gasteiger partial charge in [0.15, 0.2) is 30.5 Å². The molecule has 2 fully saturated rings. The van der Waals surface area contributed by atoms with Crippen LogP contribution in [0.5, 0.6) is 0 Å². The molecular weight excluding hydrogens is 434 g/mol. The fourth-order valence-corrected chi connectivity index (χ4v) is 4.69. The summed E-state index contributed by atoms with van der Waals surface area (Å²) in [5.41, 5.74) is 2.77. The lowest BCUT2D eigenvalue weighted by Gasteiger charge is -2.38. The third kappa shape index (κ3) is 3.83. The van der Waals surface area contributed by atoms with Crippen molar-refractivity contribution in [3.8, 4) is 0 Å². The molecule has 2 saturated heterocycles. The van der Waals surface area contributed by atoms with Gasteiger partial charge in [0, 0.05) is 19.3 Å². The van der Waals surface area contributed by atoms with E-state index in [0.717, 1.165) is 16.8 Å². The highest BCUT2D eigenvalue weighted by atomic mass is 16.3. The minimum absolute atomic E-state index is 0.139. The van der Waals surface area contributed by atoms with Crippen LogP contribution in [-0.4, -0.2) is 81.9 Å². The van der Waals surface area contributed by atoms with Crippen LogP contribution in [0.25, 0.3) is 0 Å². The van der Waals surface area contributed by atoms with Gasteiger partial charge in [-0.15, -0.1) is 0 Å². The molecule has 3 aliphatic rings. The summed E-state index contributed by atoms with van der Waals surface area (Å²) < 4.78 is 7.35. The number of fused-ring (bicyclic) bond motifs is 1. The van der Waals surface area contributed by atoms with E-state index in [-0.39, 0.29) is 24.4 Å². The molecule has 34 heavy (non-hydrogen) atoms. The van der Waals surface area contributed by atoms with Crippen LogP contribution in [-0.2, 0) is 11.3 Å². The van der Waals surface area contributed by atoms with Crippen LogP contribution < -0.4 is 0 Å². The molecule has 0 aliphatic carbocycles. The number of amidine groups is 1. The number of aliphatic imine (C=N–C) groups is 1. The van der Waals surface area contributed by atoms with Gasteiger partial charge in [0.25, 0.3) is 11.8 Å². The van der Waals surface area contributed by atoms with Gasteiger partial charge in [0.1, 0.15) is 5.84 Å². The lowest BCUT2D eigenvalue weighted by Crippen LogP contribution is -2.61. The maximum absolute atomic E-state index is 13.6. The van der Waals surface area contributed by atoms with Gasteiger partial charge in [-0.3, -0.25) is 19.4 Å². The fourth-order valence-electron chi connectivity index (χ4n) is 4.69. The van der Waals surface area contributed by atoms with E-state index in [4.69, 9.17) is 4.42 Å².